The SMILES string of the molecule is CC(C)(C)OC(=O)N[C@@H](CC(N)=O)C(=O)C(N)[P+](=O)O. The minimum absolute atomic E-state index is 0.547. The average Bonchev–Trinajstić information content (AvgIpc) is 2.22. The van der Waals surface area contributed by atoms with Gasteiger partial charge in [0.05, 0.1) is 6.42 Å². The molecule has 9 nitrogen and oxygen atoms in total. The molecule has 3 atom stereocenters. The van der Waals surface area contributed by atoms with Gasteiger partial charge in [0.15, 0.2) is 0 Å². The third kappa shape index (κ3) is 7.13. The maximum Gasteiger partial charge on any atom is 0.532 e. The van der Waals surface area contributed by atoms with Crippen LogP contribution >= 0.6 is 8.03 Å². The van der Waals surface area contributed by atoms with Gasteiger partial charge in [-0.25, -0.2) is 4.79 Å². The summed E-state index contributed by atoms with van der Waals surface area (Å²) in [5.74, 6) is -3.57. The van der Waals surface area contributed by atoms with E-state index in [1.807, 2.05) is 0 Å². The van der Waals surface area contributed by atoms with E-state index < -0.39 is 49.7 Å². The molecule has 0 saturated heterocycles. The molecule has 114 valence electrons. The summed E-state index contributed by atoms with van der Waals surface area (Å²) in [4.78, 5) is 43.0. The second kappa shape index (κ2) is 7.28. The van der Waals surface area contributed by atoms with Crippen molar-refractivity contribution >= 4 is 25.8 Å². The molecule has 2 amide bonds. The van der Waals surface area contributed by atoms with Crippen LogP contribution in [0.25, 0.3) is 0 Å². The number of ether oxygens (including phenoxy) is 1. The molecule has 0 radical (unpaired) electrons. The molecule has 0 fully saturated rings. The van der Waals surface area contributed by atoms with Crippen molar-refractivity contribution in [2.45, 2.75) is 44.6 Å². The number of nitrogens with one attached hydrogen (secondary N) is 1. The van der Waals surface area contributed by atoms with Gasteiger partial charge in [-0.2, -0.15) is 4.89 Å². The highest BCUT2D eigenvalue weighted by Crippen LogP contribution is 2.20. The van der Waals surface area contributed by atoms with Crippen LogP contribution in [-0.2, 0) is 18.9 Å². The number of rotatable bonds is 6. The molecule has 20 heavy (non-hydrogen) atoms. The van der Waals surface area contributed by atoms with E-state index in [2.05, 4.69) is 5.32 Å². The molecule has 0 bridgehead atoms. The largest absolute Gasteiger partial charge is 0.532 e. The number of carbonyl (C=O) groups is 3. The van der Waals surface area contributed by atoms with Gasteiger partial charge in [-0.05, 0) is 25.3 Å². The molecule has 0 rings (SSSR count). The number of alkyl carbamates (subject to hydrolysis) is 1. The summed E-state index contributed by atoms with van der Waals surface area (Å²) >= 11 is 0. The molecule has 6 N–H and O–H groups in total. The van der Waals surface area contributed by atoms with Crippen molar-refractivity contribution in [1.82, 2.24) is 5.32 Å². The second-order valence-corrected chi connectivity index (χ2v) is 6.18. The van der Waals surface area contributed by atoms with Crippen molar-refractivity contribution in [3.8, 4) is 0 Å². The monoisotopic (exact) mass is 308 g/mol. The van der Waals surface area contributed by atoms with E-state index in [1.165, 1.54) is 0 Å². The van der Waals surface area contributed by atoms with Crippen LogP contribution in [0.2, 0.25) is 0 Å². The second-order valence-electron chi connectivity index (χ2n) is 5.02. The Morgan fingerprint density at radius 1 is 1.35 bits per heavy atom. The normalized spacial score (nSPS) is 14.9. The zero-order valence-electron chi connectivity index (χ0n) is 11.5. The standard InChI is InChI=1S/C10H18N3O6P/c1-10(2,3)19-9(16)13-5(4-6(11)14)7(15)8(12)20(17)18/h5,8H,4,12H2,1-3H3,(H3-,11,13,14,16,17,18)/p+1/t5-,8?/m0/s1. The number of Topliss-reactive ketones (excluding diaryl/α,β-unsaturated/α-hetero) is 1. The van der Waals surface area contributed by atoms with Crippen molar-refractivity contribution in [1.29, 1.82) is 0 Å². The fraction of sp³-hybridized carbons (Fsp3) is 0.700. The highest BCUT2D eigenvalue weighted by Gasteiger charge is 2.39. The van der Waals surface area contributed by atoms with E-state index in [0.717, 1.165) is 0 Å². The summed E-state index contributed by atoms with van der Waals surface area (Å²) in [6, 6.07) is -1.41. The Bertz CT molecular complexity index is 420. The molecule has 0 aromatic rings. The van der Waals surface area contributed by atoms with Crippen LogP contribution < -0.4 is 16.8 Å². The lowest BCUT2D eigenvalue weighted by Crippen LogP contribution is -2.49. The lowest BCUT2D eigenvalue weighted by Gasteiger charge is -2.22. The lowest BCUT2D eigenvalue weighted by molar-refractivity contribution is -0.125. The van der Waals surface area contributed by atoms with E-state index in [4.69, 9.17) is 21.1 Å². The van der Waals surface area contributed by atoms with Crippen molar-refractivity contribution in [2.75, 3.05) is 0 Å². The van der Waals surface area contributed by atoms with Crippen LogP contribution in [0, 0.1) is 0 Å². The number of hydrogen-bond acceptors (Lipinski definition) is 6. The van der Waals surface area contributed by atoms with Gasteiger partial charge in [-0.3, -0.25) is 15.3 Å². The molecule has 0 aromatic carbocycles. The molecule has 0 aromatic heterocycles. The number of ketones is 1. The first kappa shape index (κ1) is 18.4. The molecular formula is C10H19N3O6P+. The van der Waals surface area contributed by atoms with Crippen molar-refractivity contribution in [3.63, 3.8) is 0 Å². The minimum atomic E-state index is -2.98. The quantitative estimate of drug-likeness (QED) is 0.473. The van der Waals surface area contributed by atoms with Gasteiger partial charge in [-0.1, -0.05) is 0 Å². The number of hydrogen-bond donors (Lipinski definition) is 4. The molecule has 0 spiro atoms. The molecule has 0 aliphatic carbocycles. The summed E-state index contributed by atoms with van der Waals surface area (Å²) in [7, 11) is -2.98. The predicted octanol–water partition coefficient (Wildman–Crippen LogP) is -0.656. The van der Waals surface area contributed by atoms with E-state index >= 15 is 0 Å². The lowest BCUT2D eigenvalue weighted by atomic mass is 10.1. The van der Waals surface area contributed by atoms with Gasteiger partial charge in [0.25, 0.3) is 5.78 Å². The Balaban J connectivity index is 4.90. The summed E-state index contributed by atoms with van der Waals surface area (Å²) in [6.45, 7) is 4.82. The Morgan fingerprint density at radius 3 is 2.20 bits per heavy atom. The van der Waals surface area contributed by atoms with Crippen molar-refractivity contribution in [3.05, 3.63) is 0 Å². The highest BCUT2D eigenvalue weighted by atomic mass is 31.1. The van der Waals surface area contributed by atoms with Gasteiger partial charge in [0.2, 0.25) is 11.7 Å². The van der Waals surface area contributed by atoms with Gasteiger partial charge in [0.1, 0.15) is 11.6 Å². The number of carbonyl (C=O) groups excluding carboxylic acids is 3. The zero-order valence-corrected chi connectivity index (χ0v) is 12.3. The van der Waals surface area contributed by atoms with Crippen LogP contribution in [0.3, 0.4) is 0 Å². The Hall–Kier alpha value is -1.57. The van der Waals surface area contributed by atoms with Gasteiger partial charge >= 0.3 is 14.1 Å². The molecule has 0 saturated carbocycles. The van der Waals surface area contributed by atoms with Crippen molar-refractivity contribution < 1.29 is 28.6 Å². The fourth-order valence-corrected chi connectivity index (χ4v) is 1.59. The Labute approximate surface area is 116 Å². The van der Waals surface area contributed by atoms with Crippen LogP contribution in [0.4, 0.5) is 4.79 Å². The van der Waals surface area contributed by atoms with Gasteiger partial charge in [-0.15, -0.1) is 0 Å². The predicted molar refractivity (Wildman–Crippen MR) is 69.8 cm³/mol. The third-order valence-electron chi connectivity index (χ3n) is 1.97. The first-order valence-electron chi connectivity index (χ1n) is 5.66. The first-order chi connectivity index (χ1) is 8.94. The fourth-order valence-electron chi connectivity index (χ4n) is 1.19. The van der Waals surface area contributed by atoms with E-state index in [-0.39, 0.29) is 0 Å². The van der Waals surface area contributed by atoms with E-state index in [1.54, 1.807) is 20.8 Å². The average molecular weight is 308 g/mol. The number of amides is 2. The molecular weight excluding hydrogens is 289 g/mol. The number of nitrogens with two attached hydrogens (primary N) is 2. The molecule has 2 unspecified atom stereocenters. The summed E-state index contributed by atoms with van der Waals surface area (Å²) in [5, 5.41) is 2.11. The maximum atomic E-state index is 11.8. The zero-order chi connectivity index (χ0) is 16.1. The minimum Gasteiger partial charge on any atom is -0.444 e. The third-order valence-corrected chi connectivity index (χ3v) is 2.70. The summed E-state index contributed by atoms with van der Waals surface area (Å²) in [5.41, 5.74) is 9.35. The molecule has 0 heterocycles. The highest BCUT2D eigenvalue weighted by molar-refractivity contribution is 7.40. The Kier molecular flexibility index (Phi) is 6.70. The maximum absolute atomic E-state index is 11.8. The summed E-state index contributed by atoms with van der Waals surface area (Å²) < 4.78 is 15.7. The van der Waals surface area contributed by atoms with Crippen LogP contribution in [0.1, 0.15) is 27.2 Å². The van der Waals surface area contributed by atoms with Crippen LogP contribution in [0.5, 0.6) is 0 Å². The number of primary amides is 1. The van der Waals surface area contributed by atoms with Crippen molar-refractivity contribution in [2.24, 2.45) is 11.5 Å². The van der Waals surface area contributed by atoms with Gasteiger partial charge in [0, 0.05) is 0 Å². The first-order valence-corrected chi connectivity index (χ1v) is 6.94. The summed E-state index contributed by atoms with van der Waals surface area (Å²) in [6.07, 6.45) is -1.51. The molecule has 0 aliphatic heterocycles. The van der Waals surface area contributed by atoms with E-state index in [9.17, 15) is 18.9 Å². The van der Waals surface area contributed by atoms with Gasteiger partial charge < -0.3 is 15.8 Å². The molecule has 10 heteroatoms. The van der Waals surface area contributed by atoms with Crippen LogP contribution in [-0.4, -0.2) is 40.1 Å². The topological polar surface area (TPSA) is 162 Å². The molecule has 0 aliphatic rings. The van der Waals surface area contributed by atoms with Crippen LogP contribution in [0.15, 0.2) is 0 Å². The smallest absolute Gasteiger partial charge is 0.444 e. The Morgan fingerprint density at radius 2 is 1.85 bits per heavy atom. The van der Waals surface area contributed by atoms with E-state index in [0.29, 0.717) is 0 Å².